The SMILES string of the molecule is N[C@@H](CC(=O)O)C(=O)NCC(=O)N[C@@H](CCC(=O)O)C(=O)N[C@@H](CCC(=O)O)C(=O)N[C@@H](Cc1ccc(OP(=O)(O)O)cc1)C(=O)N[C@@H](CC(=O)O)C(=O)N[C@@H](CC(=O)O)C(=O)N1CCC[C@H]1C(=O)N[C@@H](Cc1ccccc1)C(=O)O. The molecule has 0 aliphatic carbocycles. The summed E-state index contributed by atoms with van der Waals surface area (Å²) in [5.74, 6) is -19.8. The molecular weight excluding hydrogens is 1110 g/mol. The minimum Gasteiger partial charge on any atom is -0.481 e. The van der Waals surface area contributed by atoms with Crippen LogP contribution in [0.4, 0.5) is 0 Å². The number of aliphatic carboxylic acids is 6. The van der Waals surface area contributed by atoms with E-state index in [0.717, 1.165) is 29.2 Å². The van der Waals surface area contributed by atoms with Crippen LogP contribution in [-0.4, -0.2) is 190 Å². The van der Waals surface area contributed by atoms with Gasteiger partial charge in [-0.25, -0.2) is 9.36 Å². The van der Waals surface area contributed by atoms with Crippen LogP contribution in [0.15, 0.2) is 54.6 Å². The van der Waals surface area contributed by atoms with Crippen LogP contribution >= 0.6 is 7.82 Å². The van der Waals surface area contributed by atoms with Gasteiger partial charge in [0.25, 0.3) is 0 Å². The Hall–Kier alpha value is -9.07. The number of carboxylic acid groups (broad SMARTS) is 6. The zero-order valence-electron chi connectivity index (χ0n) is 42.6. The van der Waals surface area contributed by atoms with Gasteiger partial charge in [0.15, 0.2) is 0 Å². The van der Waals surface area contributed by atoms with Crippen molar-refractivity contribution in [2.75, 3.05) is 13.1 Å². The maximum absolute atomic E-state index is 14.3. The fourth-order valence-electron chi connectivity index (χ4n) is 7.84. The maximum atomic E-state index is 14.3. The number of benzene rings is 2. The first-order chi connectivity index (χ1) is 37.9. The molecule has 0 unspecified atom stereocenters. The van der Waals surface area contributed by atoms with Gasteiger partial charge in [0.1, 0.15) is 48.0 Å². The molecule has 1 saturated heterocycles. The van der Waals surface area contributed by atoms with Gasteiger partial charge >= 0.3 is 43.6 Å². The van der Waals surface area contributed by atoms with Crippen molar-refractivity contribution in [3.8, 4) is 5.75 Å². The first-order valence-electron chi connectivity index (χ1n) is 24.3. The van der Waals surface area contributed by atoms with E-state index in [0.29, 0.717) is 5.56 Å². The molecule has 1 aliphatic heterocycles. The molecule has 2 aromatic carbocycles. The lowest BCUT2D eigenvalue weighted by Crippen LogP contribution is -2.60. The summed E-state index contributed by atoms with van der Waals surface area (Å²) >= 11 is 0. The summed E-state index contributed by atoms with van der Waals surface area (Å²) in [4.78, 5) is 199. The smallest absolute Gasteiger partial charge is 0.481 e. The van der Waals surface area contributed by atoms with Crippen LogP contribution in [-0.2, 0) is 84.5 Å². The van der Waals surface area contributed by atoms with Crippen molar-refractivity contribution in [3.63, 3.8) is 0 Å². The fraction of sp³-hybridized carbons (Fsp3) is 0.447. The predicted molar refractivity (Wildman–Crippen MR) is 268 cm³/mol. The summed E-state index contributed by atoms with van der Waals surface area (Å²) < 4.78 is 16.0. The van der Waals surface area contributed by atoms with Gasteiger partial charge in [-0.3, -0.25) is 72.1 Å². The van der Waals surface area contributed by atoms with E-state index in [4.69, 9.17) is 10.8 Å². The van der Waals surface area contributed by atoms with Crippen molar-refractivity contribution >= 4 is 90.9 Å². The molecule has 17 N–H and O–H groups in total. The standard InChI is InChI=1S/C47H60N9O24P/c48-26(19-37(62)63)40(68)49-22-34(57)50-27(12-14-35(58)59)41(69)51-28(13-15-36(60)61)42(70)52-29(17-24-8-10-25(11-9-24)80-81(77,78)79)43(71)53-30(20-38(64)65)44(72)54-31(21-39(66)67)46(74)56-16-4-7-33(56)45(73)55-32(47(75)76)18-23-5-2-1-3-6-23/h1-3,5-6,8-11,26-33H,4,7,12-22,48H2,(H,49,68)(H,50,57)(H,51,69)(H,52,70)(H,53,71)(H,54,72)(H,55,73)(H,58,59)(H,60,61)(H,62,63)(H,64,65)(H,66,67)(H,75,76)(H2,77,78,79)/t26-,27-,28-,29-,30-,31-,32-,33-/m0/s1. The lowest BCUT2D eigenvalue weighted by atomic mass is 10.0. The summed E-state index contributed by atoms with van der Waals surface area (Å²) in [5, 5.41) is 72.2. The molecule has 8 atom stereocenters. The molecule has 1 aliphatic rings. The fourth-order valence-corrected chi connectivity index (χ4v) is 8.23. The number of nitrogens with one attached hydrogen (secondary N) is 7. The molecule has 0 aromatic heterocycles. The molecule has 2 aromatic rings. The quantitative estimate of drug-likeness (QED) is 0.0294. The Morgan fingerprint density at radius 2 is 1.02 bits per heavy atom. The number of carbonyl (C=O) groups is 14. The molecule has 1 fully saturated rings. The van der Waals surface area contributed by atoms with E-state index in [1.165, 1.54) is 0 Å². The molecule has 0 spiro atoms. The summed E-state index contributed by atoms with van der Waals surface area (Å²) in [6.45, 7) is -1.13. The molecule has 0 radical (unpaired) electrons. The highest BCUT2D eigenvalue weighted by molar-refractivity contribution is 7.46. The van der Waals surface area contributed by atoms with Gasteiger partial charge in [-0.1, -0.05) is 42.5 Å². The van der Waals surface area contributed by atoms with Gasteiger partial charge < -0.3 is 83.0 Å². The lowest BCUT2D eigenvalue weighted by molar-refractivity contribution is -0.147. The van der Waals surface area contributed by atoms with E-state index < -0.39 is 203 Å². The normalized spacial score (nSPS) is 15.5. The van der Waals surface area contributed by atoms with E-state index in [1.54, 1.807) is 30.3 Å². The summed E-state index contributed by atoms with van der Waals surface area (Å²) in [6.07, 6.45) is -7.22. The summed E-state index contributed by atoms with van der Waals surface area (Å²) in [6, 6.07) is -2.17. The average Bonchev–Trinajstić information content (AvgIpc) is 3.96. The topological polar surface area (TPSA) is 541 Å². The molecule has 0 saturated carbocycles. The van der Waals surface area contributed by atoms with Crippen LogP contribution in [0.3, 0.4) is 0 Å². The molecule has 442 valence electrons. The number of carbonyl (C=O) groups excluding carboxylic acids is 8. The monoisotopic (exact) mass is 1170 g/mol. The van der Waals surface area contributed by atoms with Crippen LogP contribution in [0, 0.1) is 0 Å². The minimum atomic E-state index is -5.11. The molecule has 0 bridgehead atoms. The maximum Gasteiger partial charge on any atom is 0.524 e. The van der Waals surface area contributed by atoms with Gasteiger partial charge in [0, 0.05) is 32.2 Å². The van der Waals surface area contributed by atoms with Crippen LogP contribution in [0.25, 0.3) is 0 Å². The van der Waals surface area contributed by atoms with Crippen molar-refractivity contribution in [3.05, 3.63) is 65.7 Å². The number of phosphoric acid groups is 1. The Bertz CT molecular complexity index is 2730. The highest BCUT2D eigenvalue weighted by Gasteiger charge is 2.41. The molecule has 1 heterocycles. The summed E-state index contributed by atoms with van der Waals surface area (Å²) in [7, 11) is -5.11. The van der Waals surface area contributed by atoms with Crippen molar-refractivity contribution in [1.82, 2.24) is 42.1 Å². The predicted octanol–water partition coefficient (Wildman–Crippen LogP) is -4.48. The Morgan fingerprint density at radius 1 is 0.556 bits per heavy atom. The molecule has 3 rings (SSSR count). The first-order valence-corrected chi connectivity index (χ1v) is 25.8. The zero-order chi connectivity index (χ0) is 60.7. The molecule has 8 amide bonds. The van der Waals surface area contributed by atoms with E-state index in [1.807, 2.05) is 5.32 Å². The molecule has 33 nitrogen and oxygen atoms in total. The van der Waals surface area contributed by atoms with Crippen LogP contribution in [0.5, 0.6) is 5.75 Å². The number of hydrogen-bond donors (Lipinski definition) is 16. The number of amides is 8. The van der Waals surface area contributed by atoms with E-state index in [2.05, 4.69) is 36.4 Å². The molecule has 34 heteroatoms. The van der Waals surface area contributed by atoms with E-state index in [9.17, 15) is 107 Å². The average molecular weight is 1170 g/mol. The number of rotatable bonds is 34. The first kappa shape index (κ1) is 66.2. The third-order valence-corrected chi connectivity index (χ3v) is 12.1. The number of nitrogens with two attached hydrogens (primary N) is 1. The third-order valence-electron chi connectivity index (χ3n) is 11.7. The molecule has 81 heavy (non-hydrogen) atoms. The van der Waals surface area contributed by atoms with Gasteiger partial charge in [-0.15, -0.1) is 0 Å². The van der Waals surface area contributed by atoms with Crippen LogP contribution < -0.4 is 47.5 Å². The van der Waals surface area contributed by atoms with Crippen LogP contribution in [0.2, 0.25) is 0 Å². The Balaban J connectivity index is 1.96. The number of hydrogen-bond acceptors (Lipinski definition) is 17. The van der Waals surface area contributed by atoms with E-state index >= 15 is 0 Å². The Labute approximate surface area is 457 Å². The highest BCUT2D eigenvalue weighted by atomic mass is 31.2. The molecular formula is C47H60N9O24P. The third kappa shape index (κ3) is 23.8. The van der Waals surface area contributed by atoms with Gasteiger partial charge in [0.05, 0.1) is 31.8 Å². The lowest BCUT2D eigenvalue weighted by Gasteiger charge is -2.30. The Kier molecular flexibility index (Phi) is 25.8. The van der Waals surface area contributed by atoms with Gasteiger partial charge in [0.2, 0.25) is 47.3 Å². The van der Waals surface area contributed by atoms with Gasteiger partial charge in [-0.05, 0) is 48.9 Å². The van der Waals surface area contributed by atoms with Crippen molar-refractivity contribution in [2.24, 2.45) is 5.73 Å². The number of nitrogens with zero attached hydrogens (tertiary/aromatic N) is 1. The van der Waals surface area contributed by atoms with Gasteiger partial charge in [-0.2, -0.15) is 0 Å². The number of carboxylic acids is 6. The van der Waals surface area contributed by atoms with Crippen molar-refractivity contribution in [1.29, 1.82) is 0 Å². The number of phosphoric ester groups is 1. The van der Waals surface area contributed by atoms with Crippen molar-refractivity contribution < 1.29 is 117 Å². The van der Waals surface area contributed by atoms with Crippen molar-refractivity contribution in [2.45, 2.75) is 119 Å². The second-order valence-electron chi connectivity index (χ2n) is 18.1. The second kappa shape index (κ2) is 31.5. The zero-order valence-corrected chi connectivity index (χ0v) is 43.5. The summed E-state index contributed by atoms with van der Waals surface area (Å²) in [5.41, 5.74) is 6.03. The van der Waals surface area contributed by atoms with Crippen LogP contribution in [0.1, 0.15) is 68.9 Å². The number of likely N-dealkylation sites (tertiary alicyclic amines) is 1. The second-order valence-corrected chi connectivity index (χ2v) is 19.2. The largest absolute Gasteiger partial charge is 0.524 e. The Morgan fingerprint density at radius 3 is 1.56 bits per heavy atom. The highest BCUT2D eigenvalue weighted by Crippen LogP contribution is 2.37. The van der Waals surface area contributed by atoms with E-state index in [-0.39, 0.29) is 31.4 Å². The minimum absolute atomic E-state index is 0.0254.